The van der Waals surface area contributed by atoms with Gasteiger partial charge in [0, 0.05) is 17.2 Å². The summed E-state index contributed by atoms with van der Waals surface area (Å²) in [4.78, 5) is 0. The molecule has 5 rings (SSSR count). The molecule has 3 aromatic carbocycles. The molecule has 0 aliphatic carbocycles. The second-order valence-corrected chi connectivity index (χ2v) is 8.18. The van der Waals surface area contributed by atoms with E-state index in [4.69, 9.17) is 28.4 Å². The van der Waals surface area contributed by atoms with Gasteiger partial charge < -0.3 is 33.5 Å². The van der Waals surface area contributed by atoms with E-state index in [0.29, 0.717) is 51.1 Å². The molecule has 0 atom stereocenters. The van der Waals surface area contributed by atoms with Crippen molar-refractivity contribution in [3.05, 3.63) is 94.5 Å². The van der Waals surface area contributed by atoms with Gasteiger partial charge in [-0.1, -0.05) is 48.5 Å². The summed E-state index contributed by atoms with van der Waals surface area (Å²) in [7, 11) is 0. The zero-order valence-corrected chi connectivity index (χ0v) is 18.9. The topological polar surface area (TPSA) is 75.6 Å². The van der Waals surface area contributed by atoms with Crippen molar-refractivity contribution >= 4 is 0 Å². The molecule has 0 saturated carbocycles. The standard InChI is InChI=1S/C27H28O7/c28-16-21-13-24(33-17-19-1-5-22(6-2-19)26-29-9-10-30-26)15-25(14-21)34-18-20-3-7-23(8-4-20)27-31-11-12-32-27/h1-8,13-15,26-28H,9-12,16-18H2. The summed E-state index contributed by atoms with van der Waals surface area (Å²) in [5.41, 5.74) is 4.76. The zero-order valence-electron chi connectivity index (χ0n) is 18.9. The van der Waals surface area contributed by atoms with Crippen LogP contribution >= 0.6 is 0 Å². The minimum absolute atomic E-state index is 0.0975. The molecule has 3 aromatic rings. The van der Waals surface area contributed by atoms with Crippen molar-refractivity contribution in [3.63, 3.8) is 0 Å². The third-order valence-corrected chi connectivity index (χ3v) is 5.68. The molecule has 2 fully saturated rings. The van der Waals surface area contributed by atoms with Gasteiger partial charge >= 0.3 is 0 Å². The van der Waals surface area contributed by atoms with Crippen LogP contribution < -0.4 is 9.47 Å². The van der Waals surface area contributed by atoms with Crippen molar-refractivity contribution in [1.82, 2.24) is 0 Å². The Morgan fingerprint density at radius 3 is 1.38 bits per heavy atom. The average molecular weight is 465 g/mol. The quantitative estimate of drug-likeness (QED) is 0.502. The summed E-state index contributed by atoms with van der Waals surface area (Å²) in [5.74, 6) is 1.28. The molecule has 2 aliphatic heterocycles. The average Bonchev–Trinajstić information content (AvgIpc) is 3.62. The highest BCUT2D eigenvalue weighted by molar-refractivity contribution is 5.39. The lowest BCUT2D eigenvalue weighted by molar-refractivity contribution is -0.0443. The van der Waals surface area contributed by atoms with Crippen LogP contribution in [0.1, 0.15) is 40.4 Å². The molecule has 1 N–H and O–H groups in total. The van der Waals surface area contributed by atoms with Crippen LogP contribution in [-0.2, 0) is 38.8 Å². The Morgan fingerprint density at radius 2 is 1.00 bits per heavy atom. The maximum atomic E-state index is 9.67. The molecule has 34 heavy (non-hydrogen) atoms. The Morgan fingerprint density at radius 1 is 0.588 bits per heavy atom. The van der Waals surface area contributed by atoms with Crippen LogP contribution in [0.4, 0.5) is 0 Å². The summed E-state index contributed by atoms with van der Waals surface area (Å²) < 4.78 is 34.1. The molecule has 7 heteroatoms. The number of hydrogen-bond acceptors (Lipinski definition) is 7. The Labute approximate surface area is 198 Å². The maximum Gasteiger partial charge on any atom is 0.184 e. The van der Waals surface area contributed by atoms with Crippen LogP contribution in [0, 0.1) is 0 Å². The molecule has 0 unspecified atom stereocenters. The van der Waals surface area contributed by atoms with E-state index in [1.54, 1.807) is 0 Å². The first-order chi connectivity index (χ1) is 16.8. The van der Waals surface area contributed by atoms with Crippen LogP contribution in [0.15, 0.2) is 66.7 Å². The lowest BCUT2D eigenvalue weighted by atomic mass is 10.1. The van der Waals surface area contributed by atoms with Crippen molar-refractivity contribution in [1.29, 1.82) is 0 Å². The van der Waals surface area contributed by atoms with Crippen LogP contribution in [0.5, 0.6) is 11.5 Å². The van der Waals surface area contributed by atoms with Crippen LogP contribution in [0.2, 0.25) is 0 Å². The van der Waals surface area contributed by atoms with E-state index in [-0.39, 0.29) is 19.2 Å². The van der Waals surface area contributed by atoms with E-state index in [1.807, 2.05) is 66.7 Å². The summed E-state index contributed by atoms with van der Waals surface area (Å²) >= 11 is 0. The van der Waals surface area contributed by atoms with E-state index in [2.05, 4.69) is 0 Å². The SMILES string of the molecule is OCc1cc(OCc2ccc(C3OCCO3)cc2)cc(OCc2ccc(C3OCCO3)cc2)c1. The molecule has 0 bridgehead atoms. The van der Waals surface area contributed by atoms with Crippen molar-refractivity contribution in [2.75, 3.05) is 26.4 Å². The monoisotopic (exact) mass is 464 g/mol. The van der Waals surface area contributed by atoms with Crippen LogP contribution in [-0.4, -0.2) is 31.5 Å². The van der Waals surface area contributed by atoms with Gasteiger partial charge in [0.15, 0.2) is 12.6 Å². The van der Waals surface area contributed by atoms with Gasteiger partial charge in [-0.05, 0) is 28.8 Å². The largest absolute Gasteiger partial charge is 0.489 e. The first-order valence-electron chi connectivity index (χ1n) is 11.4. The third-order valence-electron chi connectivity index (χ3n) is 5.68. The number of benzene rings is 3. The van der Waals surface area contributed by atoms with E-state index in [9.17, 15) is 5.11 Å². The van der Waals surface area contributed by atoms with Gasteiger partial charge in [0.2, 0.25) is 0 Å². The Kier molecular flexibility index (Phi) is 7.38. The van der Waals surface area contributed by atoms with Gasteiger partial charge in [-0.15, -0.1) is 0 Å². The lowest BCUT2D eigenvalue weighted by Gasteiger charge is -2.13. The number of aliphatic hydroxyl groups is 1. The van der Waals surface area contributed by atoms with Crippen LogP contribution in [0.3, 0.4) is 0 Å². The lowest BCUT2D eigenvalue weighted by Crippen LogP contribution is -2.01. The number of rotatable bonds is 9. The highest BCUT2D eigenvalue weighted by atomic mass is 16.7. The smallest absolute Gasteiger partial charge is 0.184 e. The molecule has 2 heterocycles. The van der Waals surface area contributed by atoms with Gasteiger partial charge in [-0.2, -0.15) is 0 Å². The molecule has 2 aliphatic rings. The fraction of sp³-hybridized carbons (Fsp3) is 0.333. The van der Waals surface area contributed by atoms with E-state index >= 15 is 0 Å². The van der Waals surface area contributed by atoms with E-state index < -0.39 is 0 Å². The first-order valence-corrected chi connectivity index (χ1v) is 11.4. The van der Waals surface area contributed by atoms with Crippen LogP contribution in [0.25, 0.3) is 0 Å². The number of aliphatic hydroxyl groups excluding tert-OH is 1. The maximum absolute atomic E-state index is 9.67. The Hall–Kier alpha value is -2.94. The summed E-state index contributed by atoms with van der Waals surface area (Å²) in [6.07, 6.45) is -0.562. The molecular formula is C27H28O7. The fourth-order valence-corrected chi connectivity index (χ4v) is 3.87. The van der Waals surface area contributed by atoms with E-state index in [0.717, 1.165) is 27.8 Å². The summed E-state index contributed by atoms with van der Waals surface area (Å²) in [5, 5.41) is 9.67. The van der Waals surface area contributed by atoms with Gasteiger partial charge in [-0.25, -0.2) is 0 Å². The molecule has 0 amide bonds. The van der Waals surface area contributed by atoms with E-state index in [1.165, 1.54) is 0 Å². The minimum Gasteiger partial charge on any atom is -0.489 e. The van der Waals surface area contributed by atoms with Gasteiger partial charge in [-0.3, -0.25) is 0 Å². The summed E-state index contributed by atoms with van der Waals surface area (Å²) in [6.45, 7) is 3.18. The zero-order chi connectivity index (χ0) is 23.2. The molecule has 0 radical (unpaired) electrons. The highest BCUT2D eigenvalue weighted by Gasteiger charge is 2.18. The normalized spacial score (nSPS) is 16.7. The Bertz CT molecular complexity index is 972. The van der Waals surface area contributed by atoms with Crippen molar-refractivity contribution < 1.29 is 33.5 Å². The van der Waals surface area contributed by atoms with Gasteiger partial charge in [0.25, 0.3) is 0 Å². The van der Waals surface area contributed by atoms with Crippen molar-refractivity contribution in [3.8, 4) is 11.5 Å². The molecule has 7 nitrogen and oxygen atoms in total. The fourth-order valence-electron chi connectivity index (χ4n) is 3.87. The highest BCUT2D eigenvalue weighted by Crippen LogP contribution is 2.27. The predicted octanol–water partition coefficient (Wildman–Crippen LogP) is 4.43. The first kappa shape index (κ1) is 22.8. The third kappa shape index (κ3) is 5.75. The van der Waals surface area contributed by atoms with Crippen molar-refractivity contribution in [2.45, 2.75) is 32.4 Å². The van der Waals surface area contributed by atoms with Crippen molar-refractivity contribution in [2.24, 2.45) is 0 Å². The molecule has 178 valence electrons. The second-order valence-electron chi connectivity index (χ2n) is 8.18. The molecule has 0 aromatic heterocycles. The second kappa shape index (κ2) is 11.0. The molecule has 0 spiro atoms. The number of ether oxygens (including phenoxy) is 6. The Balaban J connectivity index is 1.18. The van der Waals surface area contributed by atoms with Gasteiger partial charge in [0.1, 0.15) is 24.7 Å². The minimum atomic E-state index is -0.281. The number of hydrogen-bond donors (Lipinski definition) is 1. The van der Waals surface area contributed by atoms with Gasteiger partial charge in [0.05, 0.1) is 33.0 Å². The predicted molar refractivity (Wildman–Crippen MR) is 123 cm³/mol. The summed E-state index contributed by atoms with van der Waals surface area (Å²) in [6, 6.07) is 21.4. The molecule has 2 saturated heterocycles. The molecular weight excluding hydrogens is 436 g/mol.